The summed E-state index contributed by atoms with van der Waals surface area (Å²) in [5.74, 6) is -4.52. The zero-order chi connectivity index (χ0) is 19.4. The van der Waals surface area contributed by atoms with Crippen LogP contribution in [0, 0.1) is 11.6 Å². The van der Waals surface area contributed by atoms with Gasteiger partial charge < -0.3 is 4.74 Å². The fourth-order valence-corrected chi connectivity index (χ4v) is 2.75. The van der Waals surface area contributed by atoms with Gasteiger partial charge in [0.25, 0.3) is 0 Å². The van der Waals surface area contributed by atoms with Crippen molar-refractivity contribution in [1.82, 2.24) is 4.98 Å². The zero-order valence-corrected chi connectivity index (χ0v) is 14.1. The first kappa shape index (κ1) is 18.8. The number of nitrogens with zero attached hydrogens (tertiary/aromatic N) is 2. The SMILES string of the molecule is Fc1ccc(C=NNc2nc(-c3ccccc3)cs2)c(F)c1OC(F)(F)F. The molecule has 27 heavy (non-hydrogen) atoms. The fraction of sp³-hybridized carbons (Fsp3) is 0.0588. The van der Waals surface area contributed by atoms with Gasteiger partial charge in [-0.3, -0.25) is 5.43 Å². The maximum Gasteiger partial charge on any atom is 0.573 e. The van der Waals surface area contributed by atoms with Gasteiger partial charge in [-0.25, -0.2) is 13.8 Å². The minimum Gasteiger partial charge on any atom is -0.399 e. The van der Waals surface area contributed by atoms with Gasteiger partial charge in [0.15, 0.2) is 11.6 Å². The van der Waals surface area contributed by atoms with Crippen molar-refractivity contribution in [2.24, 2.45) is 5.10 Å². The van der Waals surface area contributed by atoms with Crippen LogP contribution in [-0.4, -0.2) is 17.6 Å². The van der Waals surface area contributed by atoms with Gasteiger partial charge in [0.05, 0.1) is 11.9 Å². The lowest BCUT2D eigenvalue weighted by atomic mass is 10.2. The van der Waals surface area contributed by atoms with Crippen LogP contribution in [-0.2, 0) is 0 Å². The number of halogens is 5. The molecule has 0 aliphatic rings. The number of rotatable bonds is 5. The Balaban J connectivity index is 1.74. The molecule has 1 N–H and O–H groups in total. The number of aromatic nitrogens is 1. The largest absolute Gasteiger partial charge is 0.573 e. The molecule has 140 valence electrons. The van der Waals surface area contributed by atoms with E-state index in [0.29, 0.717) is 16.9 Å². The first-order valence-corrected chi connectivity index (χ1v) is 8.25. The van der Waals surface area contributed by atoms with Gasteiger partial charge in [0, 0.05) is 16.5 Å². The highest BCUT2D eigenvalue weighted by Crippen LogP contribution is 2.30. The summed E-state index contributed by atoms with van der Waals surface area (Å²) in [6.07, 6.45) is -4.31. The van der Waals surface area contributed by atoms with Crippen LogP contribution in [0.1, 0.15) is 5.56 Å². The molecule has 1 heterocycles. The van der Waals surface area contributed by atoms with E-state index in [4.69, 9.17) is 0 Å². The second-order valence-corrected chi connectivity index (χ2v) is 5.96. The lowest BCUT2D eigenvalue weighted by Crippen LogP contribution is -2.19. The Hall–Kier alpha value is -3.01. The van der Waals surface area contributed by atoms with Crippen molar-refractivity contribution in [2.75, 3.05) is 5.43 Å². The summed E-state index contributed by atoms with van der Waals surface area (Å²) >= 11 is 1.23. The highest BCUT2D eigenvalue weighted by Gasteiger charge is 2.34. The molecule has 0 bridgehead atoms. The smallest absolute Gasteiger partial charge is 0.399 e. The number of hydrogen-bond donors (Lipinski definition) is 1. The van der Waals surface area contributed by atoms with Gasteiger partial charge in [0.1, 0.15) is 0 Å². The lowest BCUT2D eigenvalue weighted by molar-refractivity contribution is -0.276. The summed E-state index contributed by atoms with van der Waals surface area (Å²) in [5.41, 5.74) is 3.75. The van der Waals surface area contributed by atoms with E-state index in [1.807, 2.05) is 30.3 Å². The van der Waals surface area contributed by atoms with Crippen LogP contribution < -0.4 is 10.2 Å². The second kappa shape index (κ2) is 7.70. The molecule has 3 aromatic rings. The predicted molar refractivity (Wildman–Crippen MR) is 91.8 cm³/mol. The maximum atomic E-state index is 14.0. The van der Waals surface area contributed by atoms with Gasteiger partial charge >= 0.3 is 6.36 Å². The quantitative estimate of drug-likeness (QED) is 0.353. The van der Waals surface area contributed by atoms with Gasteiger partial charge in [-0.2, -0.15) is 5.10 Å². The number of nitrogens with one attached hydrogen (secondary N) is 1. The van der Waals surface area contributed by atoms with Crippen LogP contribution in [0.2, 0.25) is 0 Å². The molecule has 10 heteroatoms. The Morgan fingerprint density at radius 3 is 2.52 bits per heavy atom. The molecule has 2 aromatic carbocycles. The lowest BCUT2D eigenvalue weighted by Gasteiger charge is -2.11. The van der Waals surface area contributed by atoms with Crippen molar-refractivity contribution in [3.8, 4) is 17.0 Å². The number of ether oxygens (including phenoxy) is 1. The van der Waals surface area contributed by atoms with Crippen molar-refractivity contribution in [3.63, 3.8) is 0 Å². The van der Waals surface area contributed by atoms with E-state index in [2.05, 4.69) is 20.2 Å². The Morgan fingerprint density at radius 1 is 1.07 bits per heavy atom. The van der Waals surface area contributed by atoms with Crippen LogP contribution in [0.5, 0.6) is 5.75 Å². The molecule has 0 aliphatic carbocycles. The summed E-state index contributed by atoms with van der Waals surface area (Å²) in [4.78, 5) is 4.28. The minimum absolute atomic E-state index is 0.386. The number of alkyl halides is 3. The fourth-order valence-electron chi connectivity index (χ4n) is 2.08. The molecular formula is C17H10F5N3OS. The molecule has 3 rings (SSSR count). The molecule has 0 unspecified atom stereocenters. The molecule has 0 saturated carbocycles. The first-order valence-electron chi connectivity index (χ1n) is 7.37. The number of benzene rings is 2. The third-order valence-corrected chi connectivity index (χ3v) is 3.98. The molecule has 4 nitrogen and oxygen atoms in total. The summed E-state index contributed by atoms with van der Waals surface area (Å²) in [6.45, 7) is 0. The third kappa shape index (κ3) is 4.79. The maximum absolute atomic E-state index is 14.0. The Morgan fingerprint density at radius 2 is 1.81 bits per heavy atom. The standard InChI is InChI=1S/C17H10F5N3OS/c18-12-7-6-11(14(19)15(12)26-17(20,21)22)8-23-25-16-24-13(9-27-16)10-4-2-1-3-5-10/h1-9H,(H,24,25). The van der Waals surface area contributed by atoms with Crippen LogP contribution in [0.15, 0.2) is 52.9 Å². The first-order chi connectivity index (χ1) is 12.8. The Labute approximate surface area is 153 Å². The molecule has 1 aromatic heterocycles. The molecule has 0 fully saturated rings. The molecular weight excluding hydrogens is 389 g/mol. The van der Waals surface area contributed by atoms with E-state index in [0.717, 1.165) is 17.8 Å². The van der Waals surface area contributed by atoms with Gasteiger partial charge in [0.2, 0.25) is 10.9 Å². The van der Waals surface area contributed by atoms with E-state index >= 15 is 0 Å². The summed E-state index contributed by atoms with van der Waals surface area (Å²) in [7, 11) is 0. The molecule has 0 saturated heterocycles. The minimum atomic E-state index is -5.22. The van der Waals surface area contributed by atoms with E-state index in [1.54, 1.807) is 5.38 Å². The van der Waals surface area contributed by atoms with Crippen LogP contribution >= 0.6 is 11.3 Å². The van der Waals surface area contributed by atoms with Crippen molar-refractivity contribution in [2.45, 2.75) is 6.36 Å². The monoisotopic (exact) mass is 399 g/mol. The Bertz CT molecular complexity index is 957. The van der Waals surface area contributed by atoms with Gasteiger partial charge in [-0.05, 0) is 12.1 Å². The van der Waals surface area contributed by atoms with E-state index in [1.165, 1.54) is 11.3 Å². The van der Waals surface area contributed by atoms with Crippen LogP contribution in [0.4, 0.5) is 27.1 Å². The number of anilines is 1. The third-order valence-electron chi connectivity index (χ3n) is 3.23. The predicted octanol–water partition coefficient (Wildman–Crippen LogP) is 5.43. The highest BCUT2D eigenvalue weighted by molar-refractivity contribution is 7.14. The average Bonchev–Trinajstić information content (AvgIpc) is 3.09. The molecule has 0 radical (unpaired) electrons. The van der Waals surface area contributed by atoms with Crippen LogP contribution in [0.25, 0.3) is 11.3 Å². The van der Waals surface area contributed by atoms with Crippen LogP contribution in [0.3, 0.4) is 0 Å². The summed E-state index contributed by atoms with van der Waals surface area (Å²) < 4.78 is 67.5. The summed E-state index contributed by atoms with van der Waals surface area (Å²) in [6, 6.07) is 10.9. The summed E-state index contributed by atoms with van der Waals surface area (Å²) in [5, 5.41) is 5.89. The van der Waals surface area contributed by atoms with E-state index in [9.17, 15) is 22.0 Å². The topological polar surface area (TPSA) is 46.5 Å². The van der Waals surface area contributed by atoms with Crippen molar-refractivity contribution in [1.29, 1.82) is 0 Å². The van der Waals surface area contributed by atoms with Crippen molar-refractivity contribution < 1.29 is 26.7 Å². The molecule has 0 atom stereocenters. The molecule has 0 spiro atoms. The van der Waals surface area contributed by atoms with Crippen molar-refractivity contribution >= 4 is 22.7 Å². The highest BCUT2D eigenvalue weighted by atomic mass is 32.1. The normalized spacial score (nSPS) is 11.7. The van der Waals surface area contributed by atoms with Gasteiger partial charge in [-0.1, -0.05) is 30.3 Å². The Kier molecular flexibility index (Phi) is 5.36. The van der Waals surface area contributed by atoms with E-state index in [-0.39, 0.29) is 5.56 Å². The number of thiazole rings is 1. The number of hydrazone groups is 1. The van der Waals surface area contributed by atoms with Gasteiger partial charge in [-0.15, -0.1) is 24.5 Å². The van der Waals surface area contributed by atoms with Crippen molar-refractivity contribution in [3.05, 3.63) is 65.0 Å². The number of hydrogen-bond acceptors (Lipinski definition) is 5. The second-order valence-electron chi connectivity index (χ2n) is 5.10. The molecule has 0 amide bonds. The van der Waals surface area contributed by atoms with E-state index < -0.39 is 23.7 Å². The zero-order valence-electron chi connectivity index (χ0n) is 13.3. The molecule has 0 aliphatic heterocycles. The average molecular weight is 399 g/mol.